The molecule has 1 heterocycles. The number of benzene rings is 1. The molecule has 7 nitrogen and oxygen atoms in total. The van der Waals surface area contributed by atoms with E-state index in [1.807, 2.05) is 5.32 Å². The first-order chi connectivity index (χ1) is 14.3. The number of amides is 1. The van der Waals surface area contributed by atoms with Crippen molar-refractivity contribution in [2.45, 2.75) is 40.0 Å². The molecule has 0 aliphatic rings. The van der Waals surface area contributed by atoms with Crippen molar-refractivity contribution in [1.82, 2.24) is 4.98 Å². The summed E-state index contributed by atoms with van der Waals surface area (Å²) in [4.78, 5) is 39.2. The molecule has 0 aliphatic carbocycles. The number of esters is 2. The zero-order valence-corrected chi connectivity index (χ0v) is 17.8. The molecule has 31 heavy (non-hydrogen) atoms. The van der Waals surface area contributed by atoms with Gasteiger partial charge in [-0.3, -0.25) is 4.79 Å². The molecular formula is C20H20ClF3N2O5. The first-order valence-electron chi connectivity index (χ1n) is 9.05. The van der Waals surface area contributed by atoms with Crippen LogP contribution in [0, 0.1) is 13.8 Å². The Labute approximate surface area is 180 Å². The van der Waals surface area contributed by atoms with Crippen LogP contribution < -0.4 is 5.32 Å². The third-order valence-corrected chi connectivity index (χ3v) is 4.32. The molecule has 2 aromatic rings. The van der Waals surface area contributed by atoms with Gasteiger partial charge < -0.3 is 19.8 Å². The van der Waals surface area contributed by atoms with Gasteiger partial charge in [-0.1, -0.05) is 11.6 Å². The van der Waals surface area contributed by atoms with E-state index in [1.165, 1.54) is 13.0 Å². The van der Waals surface area contributed by atoms with E-state index in [0.717, 1.165) is 6.07 Å². The summed E-state index contributed by atoms with van der Waals surface area (Å²) in [6, 6.07) is 2.85. The zero-order chi connectivity index (χ0) is 23.5. The van der Waals surface area contributed by atoms with Crippen molar-refractivity contribution in [1.29, 1.82) is 0 Å². The molecule has 0 aliphatic heterocycles. The third kappa shape index (κ3) is 6.00. The molecule has 168 valence electrons. The molecule has 0 bridgehead atoms. The van der Waals surface area contributed by atoms with Gasteiger partial charge in [0.2, 0.25) is 0 Å². The number of ether oxygens (including phenoxy) is 2. The number of carbonyl (C=O) groups excluding carboxylic acids is 3. The highest BCUT2D eigenvalue weighted by Gasteiger charge is 2.34. The Morgan fingerprint density at radius 2 is 1.81 bits per heavy atom. The number of H-pyrrole nitrogens is 1. The molecule has 0 atom stereocenters. The Balaban J connectivity index is 2.09. The van der Waals surface area contributed by atoms with Crippen molar-refractivity contribution in [3.63, 3.8) is 0 Å². The summed E-state index contributed by atoms with van der Waals surface area (Å²) in [6.45, 7) is 5.57. The van der Waals surface area contributed by atoms with Crippen LogP contribution in [0.15, 0.2) is 18.2 Å². The van der Waals surface area contributed by atoms with Crippen LogP contribution >= 0.6 is 11.6 Å². The van der Waals surface area contributed by atoms with Crippen LogP contribution in [0.3, 0.4) is 0 Å². The molecule has 0 unspecified atom stereocenters. The number of hydrogen-bond donors (Lipinski definition) is 2. The fraction of sp³-hybridized carbons (Fsp3) is 0.350. The Morgan fingerprint density at radius 1 is 1.16 bits per heavy atom. The average Bonchev–Trinajstić information content (AvgIpc) is 2.94. The van der Waals surface area contributed by atoms with Gasteiger partial charge in [0.25, 0.3) is 5.91 Å². The minimum absolute atomic E-state index is 0.0662. The van der Waals surface area contributed by atoms with Gasteiger partial charge in [0, 0.05) is 10.7 Å². The molecule has 2 rings (SSSR count). The second kappa shape index (κ2) is 9.42. The molecule has 2 N–H and O–H groups in total. The molecule has 0 fully saturated rings. The monoisotopic (exact) mass is 460 g/mol. The number of hydrogen-bond acceptors (Lipinski definition) is 5. The smallest absolute Gasteiger partial charge is 0.418 e. The Kier molecular flexibility index (Phi) is 7.37. The number of aromatic nitrogens is 1. The molecular weight excluding hydrogens is 441 g/mol. The van der Waals surface area contributed by atoms with Crippen molar-refractivity contribution < 1.29 is 37.0 Å². The summed E-state index contributed by atoms with van der Waals surface area (Å²) in [7, 11) is 0. The molecule has 0 saturated heterocycles. The number of carbonyl (C=O) groups is 3. The summed E-state index contributed by atoms with van der Waals surface area (Å²) in [5, 5.41) is 1.89. The molecule has 0 radical (unpaired) electrons. The van der Waals surface area contributed by atoms with Gasteiger partial charge in [0.1, 0.15) is 5.69 Å². The van der Waals surface area contributed by atoms with E-state index in [2.05, 4.69) is 4.98 Å². The number of alkyl halides is 3. The van der Waals surface area contributed by atoms with Crippen LogP contribution in [0.5, 0.6) is 0 Å². The van der Waals surface area contributed by atoms with Gasteiger partial charge in [-0.15, -0.1) is 0 Å². The number of halogens is 4. The van der Waals surface area contributed by atoms with Crippen LogP contribution in [-0.2, 0) is 20.4 Å². The number of nitrogens with one attached hydrogen (secondary N) is 2. The lowest BCUT2D eigenvalue weighted by atomic mass is 10.1. The van der Waals surface area contributed by atoms with Gasteiger partial charge in [-0.25, -0.2) is 9.59 Å². The van der Waals surface area contributed by atoms with Crippen LogP contribution in [0.4, 0.5) is 18.9 Å². The predicted octanol–water partition coefficient (Wildman–Crippen LogP) is 4.66. The van der Waals surface area contributed by atoms with E-state index >= 15 is 0 Å². The van der Waals surface area contributed by atoms with Crippen molar-refractivity contribution in [2.24, 2.45) is 0 Å². The maximum absolute atomic E-state index is 13.1. The second-order valence-corrected chi connectivity index (χ2v) is 7.33. The van der Waals surface area contributed by atoms with Crippen LogP contribution in [-0.4, -0.2) is 35.5 Å². The van der Waals surface area contributed by atoms with Gasteiger partial charge in [0.05, 0.1) is 22.9 Å². The predicted molar refractivity (Wildman–Crippen MR) is 106 cm³/mol. The molecule has 0 saturated carbocycles. The minimum Gasteiger partial charge on any atom is -0.459 e. The lowest BCUT2D eigenvalue weighted by molar-refractivity contribution is -0.137. The van der Waals surface area contributed by atoms with E-state index in [0.29, 0.717) is 11.8 Å². The van der Waals surface area contributed by atoms with E-state index in [9.17, 15) is 27.6 Å². The molecule has 1 aromatic carbocycles. The minimum atomic E-state index is -4.75. The van der Waals surface area contributed by atoms with Crippen molar-refractivity contribution in [3.8, 4) is 0 Å². The summed E-state index contributed by atoms with van der Waals surface area (Å²) in [5.74, 6) is -2.56. The third-order valence-electron chi connectivity index (χ3n) is 4.08. The van der Waals surface area contributed by atoms with Crippen molar-refractivity contribution >= 4 is 35.1 Å². The van der Waals surface area contributed by atoms with Crippen LogP contribution in [0.25, 0.3) is 0 Å². The lowest BCUT2D eigenvalue weighted by Crippen LogP contribution is -2.23. The highest BCUT2D eigenvalue weighted by molar-refractivity contribution is 6.30. The van der Waals surface area contributed by atoms with Crippen molar-refractivity contribution in [3.05, 3.63) is 51.3 Å². The normalized spacial score (nSPS) is 11.4. The van der Waals surface area contributed by atoms with E-state index < -0.39 is 41.9 Å². The summed E-state index contributed by atoms with van der Waals surface area (Å²) >= 11 is 5.59. The Morgan fingerprint density at radius 3 is 2.39 bits per heavy atom. The zero-order valence-electron chi connectivity index (χ0n) is 17.1. The maximum Gasteiger partial charge on any atom is 0.418 e. The average molecular weight is 461 g/mol. The van der Waals surface area contributed by atoms with Gasteiger partial charge in [0.15, 0.2) is 6.61 Å². The second-order valence-electron chi connectivity index (χ2n) is 6.89. The van der Waals surface area contributed by atoms with Crippen LogP contribution in [0.1, 0.15) is 51.5 Å². The molecule has 0 spiro atoms. The molecule has 1 amide bonds. The number of rotatable bonds is 6. The first kappa shape index (κ1) is 24.3. The summed E-state index contributed by atoms with van der Waals surface area (Å²) in [6.07, 6.45) is -5.11. The number of aryl methyl sites for hydroxylation is 1. The highest BCUT2D eigenvalue weighted by atomic mass is 35.5. The quantitative estimate of drug-likeness (QED) is 0.611. The van der Waals surface area contributed by atoms with Crippen LogP contribution in [0.2, 0.25) is 5.02 Å². The number of anilines is 1. The van der Waals surface area contributed by atoms with E-state index in [1.54, 1.807) is 20.8 Å². The molecule has 11 heteroatoms. The highest BCUT2D eigenvalue weighted by Crippen LogP contribution is 2.36. The molecule has 1 aromatic heterocycles. The van der Waals surface area contributed by atoms with Gasteiger partial charge in [-0.05, 0) is 51.5 Å². The maximum atomic E-state index is 13.1. The summed E-state index contributed by atoms with van der Waals surface area (Å²) < 4.78 is 49.3. The fourth-order valence-corrected chi connectivity index (χ4v) is 2.95. The van der Waals surface area contributed by atoms with Gasteiger partial charge >= 0.3 is 18.1 Å². The summed E-state index contributed by atoms with van der Waals surface area (Å²) in [5.41, 5.74) is -0.918. The SMILES string of the molecule is Cc1[nH]c(C(=O)OCC(=O)Nc2ccc(Cl)cc2C(F)(F)F)c(C)c1C(=O)OC(C)C. The van der Waals surface area contributed by atoms with E-state index in [-0.39, 0.29) is 27.9 Å². The number of aromatic amines is 1. The van der Waals surface area contributed by atoms with Gasteiger partial charge in [-0.2, -0.15) is 13.2 Å². The standard InChI is InChI=1S/C20H20ClF3N2O5/c1-9(2)31-18(28)16-10(3)17(25-11(16)4)19(29)30-8-15(27)26-14-6-5-12(21)7-13(14)20(22,23)24/h5-7,9,25H,8H2,1-4H3,(H,26,27). The van der Waals surface area contributed by atoms with Crippen molar-refractivity contribution in [2.75, 3.05) is 11.9 Å². The lowest BCUT2D eigenvalue weighted by Gasteiger charge is -2.14. The topological polar surface area (TPSA) is 97.5 Å². The Hall–Kier alpha value is -3.01. The largest absolute Gasteiger partial charge is 0.459 e. The Bertz CT molecular complexity index is 1010. The first-order valence-corrected chi connectivity index (χ1v) is 9.43. The fourth-order valence-electron chi connectivity index (χ4n) is 2.78. The van der Waals surface area contributed by atoms with E-state index in [4.69, 9.17) is 21.1 Å².